The Kier molecular flexibility index (Phi) is 4.25. The maximum Gasteiger partial charge on any atom is 0.307 e. The third kappa shape index (κ3) is 3.24. The zero-order chi connectivity index (χ0) is 13.1. The van der Waals surface area contributed by atoms with Gasteiger partial charge in [0.05, 0.1) is 5.92 Å². The second kappa shape index (κ2) is 5.72. The molecule has 1 heterocycles. The van der Waals surface area contributed by atoms with Gasteiger partial charge in [0.25, 0.3) is 0 Å². The van der Waals surface area contributed by atoms with E-state index >= 15 is 0 Å². The Morgan fingerprint density at radius 1 is 1.50 bits per heavy atom. The molecular weight excluding hydrogens is 250 g/mol. The SMILES string of the molecule is CC(Cc1ccc(Cl)cc1)N1CCC(C(=O)O)C1. The van der Waals surface area contributed by atoms with E-state index in [1.54, 1.807) is 0 Å². The Morgan fingerprint density at radius 2 is 2.17 bits per heavy atom. The van der Waals surface area contributed by atoms with Crippen molar-refractivity contribution in [3.63, 3.8) is 0 Å². The van der Waals surface area contributed by atoms with Crippen molar-refractivity contribution >= 4 is 17.6 Å². The number of nitrogens with zero attached hydrogens (tertiary/aromatic N) is 1. The number of carboxylic acid groups (broad SMARTS) is 1. The molecule has 1 aliphatic heterocycles. The predicted molar refractivity (Wildman–Crippen MR) is 71.9 cm³/mol. The number of hydrogen-bond donors (Lipinski definition) is 1. The van der Waals surface area contributed by atoms with E-state index in [1.807, 2.05) is 24.3 Å². The molecule has 4 heteroatoms. The average molecular weight is 268 g/mol. The van der Waals surface area contributed by atoms with Gasteiger partial charge in [-0.1, -0.05) is 23.7 Å². The molecule has 2 rings (SSSR count). The molecule has 1 aliphatic rings. The van der Waals surface area contributed by atoms with Crippen molar-refractivity contribution in [1.82, 2.24) is 4.90 Å². The molecule has 0 aromatic heterocycles. The fourth-order valence-electron chi connectivity index (χ4n) is 2.48. The lowest BCUT2D eigenvalue weighted by molar-refractivity contribution is -0.141. The fraction of sp³-hybridized carbons (Fsp3) is 0.500. The van der Waals surface area contributed by atoms with Crippen molar-refractivity contribution in [3.8, 4) is 0 Å². The molecule has 98 valence electrons. The topological polar surface area (TPSA) is 40.5 Å². The number of halogens is 1. The van der Waals surface area contributed by atoms with Crippen LogP contribution in [0.25, 0.3) is 0 Å². The minimum Gasteiger partial charge on any atom is -0.481 e. The van der Waals surface area contributed by atoms with Crippen LogP contribution < -0.4 is 0 Å². The van der Waals surface area contributed by atoms with E-state index in [-0.39, 0.29) is 5.92 Å². The second-order valence-corrected chi connectivity index (χ2v) is 5.43. The van der Waals surface area contributed by atoms with Crippen LogP contribution in [-0.4, -0.2) is 35.1 Å². The van der Waals surface area contributed by atoms with Crippen molar-refractivity contribution in [2.75, 3.05) is 13.1 Å². The molecule has 0 bridgehead atoms. The molecule has 1 fully saturated rings. The summed E-state index contributed by atoms with van der Waals surface area (Å²) in [7, 11) is 0. The lowest BCUT2D eigenvalue weighted by atomic mass is 10.1. The minimum absolute atomic E-state index is 0.197. The van der Waals surface area contributed by atoms with E-state index in [0.29, 0.717) is 12.6 Å². The van der Waals surface area contributed by atoms with E-state index in [1.165, 1.54) is 5.56 Å². The number of benzene rings is 1. The van der Waals surface area contributed by atoms with Gasteiger partial charge in [-0.15, -0.1) is 0 Å². The van der Waals surface area contributed by atoms with Gasteiger partial charge in [0.2, 0.25) is 0 Å². The maximum atomic E-state index is 10.9. The number of hydrogen-bond acceptors (Lipinski definition) is 2. The highest BCUT2D eigenvalue weighted by Crippen LogP contribution is 2.21. The van der Waals surface area contributed by atoms with E-state index in [0.717, 1.165) is 24.4 Å². The smallest absolute Gasteiger partial charge is 0.307 e. The first kappa shape index (κ1) is 13.4. The summed E-state index contributed by atoms with van der Waals surface area (Å²) < 4.78 is 0. The quantitative estimate of drug-likeness (QED) is 0.912. The number of carboxylic acids is 1. The van der Waals surface area contributed by atoms with Gasteiger partial charge in [-0.25, -0.2) is 0 Å². The highest BCUT2D eigenvalue weighted by atomic mass is 35.5. The lowest BCUT2D eigenvalue weighted by Gasteiger charge is -2.24. The third-order valence-electron chi connectivity index (χ3n) is 3.64. The summed E-state index contributed by atoms with van der Waals surface area (Å²) in [4.78, 5) is 13.2. The molecule has 1 aromatic rings. The summed E-state index contributed by atoms with van der Waals surface area (Å²) in [5.41, 5.74) is 1.24. The predicted octanol–water partition coefficient (Wildman–Crippen LogP) is 2.68. The highest BCUT2D eigenvalue weighted by molar-refractivity contribution is 6.30. The first-order chi connectivity index (χ1) is 8.56. The van der Waals surface area contributed by atoms with Crippen LogP contribution in [0.3, 0.4) is 0 Å². The van der Waals surface area contributed by atoms with Gasteiger partial charge in [0.1, 0.15) is 0 Å². The molecular formula is C14H18ClNO2. The van der Waals surface area contributed by atoms with E-state index < -0.39 is 5.97 Å². The molecule has 0 amide bonds. The van der Waals surface area contributed by atoms with Crippen molar-refractivity contribution in [3.05, 3.63) is 34.9 Å². The van der Waals surface area contributed by atoms with Gasteiger partial charge in [0.15, 0.2) is 0 Å². The van der Waals surface area contributed by atoms with Crippen LogP contribution >= 0.6 is 11.6 Å². The molecule has 2 unspecified atom stereocenters. The molecule has 0 saturated carbocycles. The first-order valence-corrected chi connectivity index (χ1v) is 6.65. The Balaban J connectivity index is 1.91. The van der Waals surface area contributed by atoms with Crippen LogP contribution in [0.5, 0.6) is 0 Å². The Bertz CT molecular complexity index is 418. The van der Waals surface area contributed by atoms with Crippen LogP contribution in [0.2, 0.25) is 5.02 Å². The van der Waals surface area contributed by atoms with Crippen molar-refractivity contribution in [2.45, 2.75) is 25.8 Å². The molecule has 18 heavy (non-hydrogen) atoms. The van der Waals surface area contributed by atoms with Crippen molar-refractivity contribution in [2.24, 2.45) is 5.92 Å². The summed E-state index contributed by atoms with van der Waals surface area (Å²) in [6, 6.07) is 8.23. The second-order valence-electron chi connectivity index (χ2n) is 5.00. The number of carbonyl (C=O) groups is 1. The van der Waals surface area contributed by atoms with Gasteiger partial charge in [-0.2, -0.15) is 0 Å². The monoisotopic (exact) mass is 267 g/mol. The molecule has 2 atom stereocenters. The number of rotatable bonds is 4. The molecule has 0 radical (unpaired) electrons. The van der Waals surface area contributed by atoms with Crippen LogP contribution in [0.1, 0.15) is 18.9 Å². The van der Waals surface area contributed by atoms with Gasteiger partial charge in [-0.05, 0) is 44.0 Å². The highest BCUT2D eigenvalue weighted by Gasteiger charge is 2.30. The van der Waals surface area contributed by atoms with Gasteiger partial charge < -0.3 is 5.11 Å². The fourth-order valence-corrected chi connectivity index (χ4v) is 2.61. The Morgan fingerprint density at radius 3 is 2.72 bits per heavy atom. The molecule has 0 spiro atoms. The summed E-state index contributed by atoms with van der Waals surface area (Å²) in [6.07, 6.45) is 1.70. The maximum absolute atomic E-state index is 10.9. The van der Waals surface area contributed by atoms with Gasteiger partial charge in [0, 0.05) is 17.6 Å². The zero-order valence-corrected chi connectivity index (χ0v) is 11.2. The number of likely N-dealkylation sites (tertiary alicyclic amines) is 1. The summed E-state index contributed by atoms with van der Waals surface area (Å²) >= 11 is 5.85. The normalized spacial score (nSPS) is 22.0. The molecule has 0 aliphatic carbocycles. The number of aliphatic carboxylic acids is 1. The molecule has 1 saturated heterocycles. The lowest BCUT2D eigenvalue weighted by Crippen LogP contribution is -2.33. The molecule has 1 N–H and O–H groups in total. The first-order valence-electron chi connectivity index (χ1n) is 6.27. The summed E-state index contributed by atoms with van der Waals surface area (Å²) in [5, 5.41) is 9.74. The van der Waals surface area contributed by atoms with Crippen LogP contribution in [0.15, 0.2) is 24.3 Å². The standard InChI is InChI=1S/C14H18ClNO2/c1-10(8-11-2-4-13(15)5-3-11)16-7-6-12(9-16)14(17)18/h2-5,10,12H,6-9H2,1H3,(H,17,18). The average Bonchev–Trinajstić information content (AvgIpc) is 2.81. The van der Waals surface area contributed by atoms with Crippen molar-refractivity contribution < 1.29 is 9.90 Å². The van der Waals surface area contributed by atoms with Crippen LogP contribution in [0.4, 0.5) is 0 Å². The molecule has 1 aromatic carbocycles. The third-order valence-corrected chi connectivity index (χ3v) is 3.89. The van der Waals surface area contributed by atoms with Crippen molar-refractivity contribution in [1.29, 1.82) is 0 Å². The minimum atomic E-state index is -0.670. The van der Waals surface area contributed by atoms with E-state index in [9.17, 15) is 4.79 Å². The summed E-state index contributed by atoms with van der Waals surface area (Å²) in [6.45, 7) is 3.70. The summed E-state index contributed by atoms with van der Waals surface area (Å²) in [5.74, 6) is -0.867. The van der Waals surface area contributed by atoms with Crippen LogP contribution in [-0.2, 0) is 11.2 Å². The van der Waals surface area contributed by atoms with E-state index in [2.05, 4.69) is 11.8 Å². The largest absolute Gasteiger partial charge is 0.481 e. The van der Waals surface area contributed by atoms with E-state index in [4.69, 9.17) is 16.7 Å². The van der Waals surface area contributed by atoms with Gasteiger partial charge >= 0.3 is 5.97 Å². The van der Waals surface area contributed by atoms with Crippen LogP contribution in [0, 0.1) is 5.92 Å². The zero-order valence-electron chi connectivity index (χ0n) is 10.5. The van der Waals surface area contributed by atoms with Gasteiger partial charge in [-0.3, -0.25) is 9.69 Å². The Hall–Kier alpha value is -1.06. The molecule has 3 nitrogen and oxygen atoms in total. The Labute approximate surface area is 112 Å².